The summed E-state index contributed by atoms with van der Waals surface area (Å²) >= 11 is 6.82. The second kappa shape index (κ2) is 5.75. The largest absolute Gasteiger partial charge is 0.398 e. The molecule has 0 radical (unpaired) electrons. The molecule has 0 aliphatic heterocycles. The molecule has 2 rings (SSSR count). The molecule has 0 fully saturated rings. The summed E-state index contributed by atoms with van der Waals surface area (Å²) in [5.41, 5.74) is 10.8. The Morgan fingerprint density at radius 2 is 2.06 bits per heavy atom. The van der Waals surface area contributed by atoms with E-state index >= 15 is 0 Å². The van der Waals surface area contributed by atoms with Gasteiger partial charge in [-0.1, -0.05) is 0 Å². The van der Waals surface area contributed by atoms with Crippen LogP contribution in [-0.2, 0) is 0 Å². The molecule has 5 N–H and O–H groups in total. The van der Waals surface area contributed by atoms with Gasteiger partial charge in [-0.2, -0.15) is 0 Å². The molecule has 0 bridgehead atoms. The number of rotatable bonds is 3. The van der Waals surface area contributed by atoms with Crippen LogP contribution in [0.5, 0.6) is 0 Å². The summed E-state index contributed by atoms with van der Waals surface area (Å²) in [5.74, 6) is 5.61. The van der Waals surface area contributed by atoms with Gasteiger partial charge in [0, 0.05) is 38.8 Å². The fourth-order valence-corrected chi connectivity index (χ4v) is 2.83. The summed E-state index contributed by atoms with van der Waals surface area (Å²) in [5, 5.41) is 0. The maximum atomic E-state index is 5.93. The second-order valence-corrected chi connectivity index (χ2v) is 5.39. The first-order valence-electron chi connectivity index (χ1n) is 5.10. The molecule has 0 aromatic carbocycles. The molecule has 2 aromatic heterocycles. The van der Waals surface area contributed by atoms with E-state index in [1.165, 1.54) is 0 Å². The van der Waals surface area contributed by atoms with E-state index in [4.69, 9.17) is 11.6 Å². The Morgan fingerprint density at radius 1 is 1.28 bits per heavy atom. The van der Waals surface area contributed by atoms with Crippen LogP contribution in [0.4, 0.5) is 5.69 Å². The van der Waals surface area contributed by atoms with Crippen LogP contribution in [0, 0.1) is 0 Å². The molecule has 94 valence electrons. The van der Waals surface area contributed by atoms with Gasteiger partial charge in [-0.15, -0.1) is 0 Å². The summed E-state index contributed by atoms with van der Waals surface area (Å²) in [6.45, 7) is 0. The summed E-state index contributed by atoms with van der Waals surface area (Å²) < 4.78 is 1.72. The van der Waals surface area contributed by atoms with Crippen molar-refractivity contribution >= 4 is 37.5 Å². The fourth-order valence-electron chi connectivity index (χ4n) is 1.61. The molecular formula is C11H11Br2N5. The van der Waals surface area contributed by atoms with Crippen LogP contribution in [0.1, 0.15) is 17.3 Å². The van der Waals surface area contributed by atoms with Gasteiger partial charge in [-0.3, -0.25) is 15.8 Å². The Hall–Kier alpha value is -1.02. The summed E-state index contributed by atoms with van der Waals surface area (Å²) in [7, 11) is 0. The number of aromatic nitrogens is 2. The Bertz CT molecular complexity index is 561. The second-order valence-electron chi connectivity index (χ2n) is 3.62. The maximum Gasteiger partial charge on any atom is 0.0927 e. The standard InChI is InChI=1S/C11H11Br2N5/c12-6-3-8(13)11(17-4-6)10(18-15)7-5-16-2-1-9(7)14/h1-5,10,18H,15H2,(H2,14,16). The molecule has 0 saturated heterocycles. The van der Waals surface area contributed by atoms with Gasteiger partial charge in [0.05, 0.1) is 11.7 Å². The Morgan fingerprint density at radius 3 is 2.67 bits per heavy atom. The molecule has 0 saturated carbocycles. The zero-order valence-electron chi connectivity index (χ0n) is 9.27. The minimum atomic E-state index is -0.318. The van der Waals surface area contributed by atoms with Crippen LogP contribution in [-0.4, -0.2) is 9.97 Å². The van der Waals surface area contributed by atoms with Crippen molar-refractivity contribution in [3.05, 3.63) is 50.9 Å². The molecule has 1 unspecified atom stereocenters. The van der Waals surface area contributed by atoms with E-state index < -0.39 is 0 Å². The van der Waals surface area contributed by atoms with E-state index in [9.17, 15) is 0 Å². The van der Waals surface area contributed by atoms with Crippen LogP contribution in [0.25, 0.3) is 0 Å². The van der Waals surface area contributed by atoms with E-state index in [1.54, 1.807) is 24.7 Å². The van der Waals surface area contributed by atoms with Crippen molar-refractivity contribution < 1.29 is 0 Å². The number of hydrazine groups is 1. The zero-order valence-corrected chi connectivity index (χ0v) is 12.4. The van der Waals surface area contributed by atoms with Crippen LogP contribution >= 0.6 is 31.9 Å². The summed E-state index contributed by atoms with van der Waals surface area (Å²) in [4.78, 5) is 8.41. The minimum absolute atomic E-state index is 0.318. The summed E-state index contributed by atoms with van der Waals surface area (Å²) in [6, 6.07) is 3.31. The highest BCUT2D eigenvalue weighted by Gasteiger charge is 2.19. The highest BCUT2D eigenvalue weighted by atomic mass is 79.9. The minimum Gasteiger partial charge on any atom is -0.398 e. The predicted octanol–water partition coefficient (Wildman–Crippen LogP) is 2.14. The number of halogens is 2. The Kier molecular flexibility index (Phi) is 4.28. The van der Waals surface area contributed by atoms with Crippen LogP contribution < -0.4 is 17.0 Å². The molecule has 18 heavy (non-hydrogen) atoms. The van der Waals surface area contributed by atoms with Crippen LogP contribution in [0.3, 0.4) is 0 Å². The van der Waals surface area contributed by atoms with E-state index in [0.717, 1.165) is 20.2 Å². The molecule has 7 heteroatoms. The number of nitrogen functional groups attached to an aromatic ring is 1. The Labute approximate surface area is 121 Å². The van der Waals surface area contributed by atoms with Gasteiger partial charge in [0.25, 0.3) is 0 Å². The quantitative estimate of drug-likeness (QED) is 0.567. The first-order valence-corrected chi connectivity index (χ1v) is 6.68. The van der Waals surface area contributed by atoms with Gasteiger partial charge in [0.2, 0.25) is 0 Å². The van der Waals surface area contributed by atoms with Crippen molar-refractivity contribution in [2.45, 2.75) is 6.04 Å². The van der Waals surface area contributed by atoms with Crippen molar-refractivity contribution in [2.24, 2.45) is 5.84 Å². The topological polar surface area (TPSA) is 89.8 Å². The van der Waals surface area contributed by atoms with Gasteiger partial charge in [-0.05, 0) is 44.0 Å². The van der Waals surface area contributed by atoms with E-state index in [1.807, 2.05) is 6.07 Å². The SMILES string of the molecule is NNC(c1cnccc1N)c1ncc(Br)cc1Br. The van der Waals surface area contributed by atoms with E-state index in [-0.39, 0.29) is 6.04 Å². The third-order valence-electron chi connectivity index (χ3n) is 2.47. The van der Waals surface area contributed by atoms with Gasteiger partial charge in [0.15, 0.2) is 0 Å². The monoisotopic (exact) mass is 371 g/mol. The number of nitrogens with zero attached hydrogens (tertiary/aromatic N) is 2. The van der Waals surface area contributed by atoms with Crippen LogP contribution in [0.15, 0.2) is 39.7 Å². The van der Waals surface area contributed by atoms with Crippen molar-refractivity contribution in [3.8, 4) is 0 Å². The highest BCUT2D eigenvalue weighted by molar-refractivity contribution is 9.11. The van der Waals surface area contributed by atoms with Crippen molar-refractivity contribution in [3.63, 3.8) is 0 Å². The number of hydrogen-bond donors (Lipinski definition) is 3. The van der Waals surface area contributed by atoms with E-state index in [2.05, 4.69) is 47.3 Å². The number of nitrogens with one attached hydrogen (secondary N) is 1. The number of nitrogens with two attached hydrogens (primary N) is 2. The first-order chi connectivity index (χ1) is 8.63. The van der Waals surface area contributed by atoms with Crippen molar-refractivity contribution in [1.29, 1.82) is 0 Å². The number of pyridine rings is 2. The maximum absolute atomic E-state index is 5.93. The van der Waals surface area contributed by atoms with E-state index in [0.29, 0.717) is 5.69 Å². The van der Waals surface area contributed by atoms with Gasteiger partial charge >= 0.3 is 0 Å². The smallest absolute Gasteiger partial charge is 0.0927 e. The average Bonchev–Trinajstić information content (AvgIpc) is 2.34. The molecule has 0 aliphatic carbocycles. The number of hydrogen-bond acceptors (Lipinski definition) is 5. The first kappa shape index (κ1) is 13.4. The normalized spacial score (nSPS) is 12.4. The lowest BCUT2D eigenvalue weighted by Crippen LogP contribution is -2.30. The van der Waals surface area contributed by atoms with Crippen LogP contribution in [0.2, 0.25) is 0 Å². The molecule has 1 atom stereocenters. The molecule has 2 aromatic rings. The highest BCUT2D eigenvalue weighted by Crippen LogP contribution is 2.30. The lowest BCUT2D eigenvalue weighted by molar-refractivity contribution is 0.617. The average molecular weight is 373 g/mol. The third-order valence-corrected chi connectivity index (χ3v) is 3.54. The molecule has 2 heterocycles. The fraction of sp³-hybridized carbons (Fsp3) is 0.0909. The van der Waals surface area contributed by atoms with Gasteiger partial charge in [0.1, 0.15) is 0 Å². The molecule has 0 aliphatic rings. The van der Waals surface area contributed by atoms with Crippen molar-refractivity contribution in [2.75, 3.05) is 5.73 Å². The lowest BCUT2D eigenvalue weighted by atomic mass is 10.0. The predicted molar refractivity (Wildman–Crippen MR) is 77.5 cm³/mol. The summed E-state index contributed by atoms with van der Waals surface area (Å²) in [6.07, 6.45) is 5.02. The van der Waals surface area contributed by atoms with Crippen molar-refractivity contribution in [1.82, 2.24) is 15.4 Å². The molecule has 5 nitrogen and oxygen atoms in total. The Balaban J connectivity index is 2.49. The lowest BCUT2D eigenvalue weighted by Gasteiger charge is -2.18. The van der Waals surface area contributed by atoms with Gasteiger partial charge < -0.3 is 5.73 Å². The molecule has 0 spiro atoms. The molecular weight excluding hydrogens is 362 g/mol. The molecule has 0 amide bonds. The zero-order chi connectivity index (χ0) is 13.1. The van der Waals surface area contributed by atoms with Gasteiger partial charge in [-0.25, -0.2) is 5.43 Å². The third kappa shape index (κ3) is 2.69. The number of anilines is 1.